The molecule has 0 saturated carbocycles. The zero-order valence-electron chi connectivity index (χ0n) is 15.5. The number of benzene rings is 1. The van der Waals surface area contributed by atoms with E-state index in [0.29, 0.717) is 18.0 Å². The molecular formula is C19H19F3N6O. The van der Waals surface area contributed by atoms with Gasteiger partial charge < -0.3 is 15.5 Å². The first-order valence-corrected chi connectivity index (χ1v) is 8.90. The molecule has 3 rings (SSSR count). The minimum atomic E-state index is -4.71. The number of alkyl halides is 3. The third kappa shape index (κ3) is 5.36. The Morgan fingerprint density at radius 2 is 2.10 bits per heavy atom. The highest BCUT2D eigenvalue weighted by Crippen LogP contribution is 2.36. The average Bonchev–Trinajstić information content (AvgIpc) is 3.09. The molecule has 1 fully saturated rings. The molecule has 7 nitrogen and oxygen atoms in total. The van der Waals surface area contributed by atoms with Gasteiger partial charge in [-0.2, -0.15) is 18.4 Å². The van der Waals surface area contributed by atoms with Crippen LogP contribution in [0.25, 0.3) is 0 Å². The Morgan fingerprint density at radius 3 is 2.72 bits per heavy atom. The number of pyridine rings is 1. The number of hydrazine groups is 1. The van der Waals surface area contributed by atoms with Crippen molar-refractivity contribution in [2.45, 2.75) is 25.6 Å². The van der Waals surface area contributed by atoms with Crippen molar-refractivity contribution in [1.29, 1.82) is 5.26 Å². The van der Waals surface area contributed by atoms with Crippen LogP contribution in [0.2, 0.25) is 0 Å². The minimum Gasteiger partial charge on any atom is -0.492 e. The van der Waals surface area contributed by atoms with Gasteiger partial charge in [0.2, 0.25) is 0 Å². The van der Waals surface area contributed by atoms with Crippen molar-refractivity contribution in [3.05, 3.63) is 47.5 Å². The maximum absolute atomic E-state index is 13.5. The van der Waals surface area contributed by atoms with Crippen LogP contribution in [0.1, 0.15) is 24.5 Å². The molecule has 1 atom stereocenters. The number of amidine groups is 1. The molecule has 0 spiro atoms. The number of para-hydroxylation sites is 1. The van der Waals surface area contributed by atoms with Crippen LogP contribution in [0, 0.1) is 11.3 Å². The molecule has 152 valence electrons. The Labute approximate surface area is 165 Å². The minimum absolute atomic E-state index is 0.0990. The van der Waals surface area contributed by atoms with E-state index in [9.17, 15) is 18.4 Å². The van der Waals surface area contributed by atoms with Gasteiger partial charge in [0.25, 0.3) is 0 Å². The third-order valence-electron chi connectivity index (χ3n) is 4.04. The summed E-state index contributed by atoms with van der Waals surface area (Å²) in [6.07, 6.45) is -4.19. The van der Waals surface area contributed by atoms with E-state index in [0.717, 1.165) is 6.07 Å². The van der Waals surface area contributed by atoms with E-state index in [4.69, 9.17) is 4.74 Å². The lowest BCUT2D eigenvalue weighted by Gasteiger charge is -2.14. The Morgan fingerprint density at radius 1 is 1.34 bits per heavy atom. The van der Waals surface area contributed by atoms with E-state index in [-0.39, 0.29) is 30.8 Å². The first kappa shape index (κ1) is 20.4. The summed E-state index contributed by atoms with van der Waals surface area (Å²) < 4.78 is 45.9. The smallest absolute Gasteiger partial charge is 0.417 e. The molecule has 1 aliphatic heterocycles. The molecule has 1 saturated heterocycles. The highest BCUT2D eigenvalue weighted by molar-refractivity contribution is 5.86. The summed E-state index contributed by atoms with van der Waals surface area (Å²) in [5.41, 5.74) is 4.06. The van der Waals surface area contributed by atoms with Crippen LogP contribution in [0.5, 0.6) is 5.75 Å². The van der Waals surface area contributed by atoms with E-state index in [1.54, 1.807) is 18.2 Å². The SMILES string of the molecule is CC1CC(=Nc2cc(C(F)(F)F)c(C#N)c(NCCOc3ccccc3)n2)NN1. The predicted octanol–water partition coefficient (Wildman–Crippen LogP) is 3.38. The number of nitrogens with zero attached hydrogens (tertiary/aromatic N) is 3. The molecule has 1 aromatic heterocycles. The van der Waals surface area contributed by atoms with Crippen molar-refractivity contribution in [2.24, 2.45) is 4.99 Å². The largest absolute Gasteiger partial charge is 0.492 e. The van der Waals surface area contributed by atoms with E-state index in [2.05, 4.69) is 26.1 Å². The van der Waals surface area contributed by atoms with Crippen LogP contribution >= 0.6 is 0 Å². The van der Waals surface area contributed by atoms with Gasteiger partial charge >= 0.3 is 6.18 Å². The lowest BCUT2D eigenvalue weighted by Crippen LogP contribution is -2.29. The number of ether oxygens (including phenoxy) is 1. The molecule has 2 heterocycles. The number of aliphatic imine (C=N–C) groups is 1. The summed E-state index contributed by atoms with van der Waals surface area (Å²) in [5.74, 6) is 0.785. The molecule has 10 heteroatoms. The fraction of sp³-hybridized carbons (Fsp3) is 0.316. The van der Waals surface area contributed by atoms with Gasteiger partial charge in [-0.1, -0.05) is 18.2 Å². The predicted molar refractivity (Wildman–Crippen MR) is 102 cm³/mol. The molecule has 2 aromatic rings. The lowest BCUT2D eigenvalue weighted by atomic mass is 10.1. The summed E-state index contributed by atoms with van der Waals surface area (Å²) in [4.78, 5) is 8.25. The van der Waals surface area contributed by atoms with Gasteiger partial charge in [-0.05, 0) is 25.1 Å². The molecule has 29 heavy (non-hydrogen) atoms. The Kier molecular flexibility index (Phi) is 6.19. The molecule has 0 amide bonds. The molecule has 0 aliphatic carbocycles. The van der Waals surface area contributed by atoms with Crippen molar-refractivity contribution in [3.8, 4) is 11.8 Å². The van der Waals surface area contributed by atoms with Crippen molar-refractivity contribution >= 4 is 17.5 Å². The zero-order valence-corrected chi connectivity index (χ0v) is 15.5. The second-order valence-corrected chi connectivity index (χ2v) is 6.38. The number of halogens is 3. The molecule has 1 aliphatic rings. The Bertz CT molecular complexity index is 924. The summed E-state index contributed by atoms with van der Waals surface area (Å²) in [6, 6.07) is 11.5. The highest BCUT2D eigenvalue weighted by Gasteiger charge is 2.36. The second kappa shape index (κ2) is 8.79. The first-order chi connectivity index (χ1) is 13.9. The van der Waals surface area contributed by atoms with Crippen LogP contribution in [0.3, 0.4) is 0 Å². The molecular weight excluding hydrogens is 385 g/mol. The number of hydrogen-bond acceptors (Lipinski definition) is 6. The van der Waals surface area contributed by atoms with Gasteiger partial charge in [0.05, 0.1) is 12.1 Å². The lowest BCUT2D eigenvalue weighted by molar-refractivity contribution is -0.137. The van der Waals surface area contributed by atoms with Gasteiger partial charge in [0.1, 0.15) is 35.6 Å². The van der Waals surface area contributed by atoms with Crippen LogP contribution in [-0.2, 0) is 6.18 Å². The van der Waals surface area contributed by atoms with Crippen molar-refractivity contribution in [1.82, 2.24) is 15.8 Å². The maximum atomic E-state index is 13.5. The standard InChI is InChI=1S/C19H19F3N6O/c1-12-9-17(28-27-12)25-16-10-15(19(20,21)22)14(11-23)18(26-16)24-7-8-29-13-5-3-2-4-6-13/h2-6,10,12,27H,7-9H2,1H3,(H2,24,25,26,28). The monoisotopic (exact) mass is 404 g/mol. The van der Waals surface area contributed by atoms with E-state index >= 15 is 0 Å². The normalized spacial score (nSPS) is 17.6. The molecule has 0 radical (unpaired) electrons. The van der Waals surface area contributed by atoms with Crippen LogP contribution in [0.15, 0.2) is 41.4 Å². The van der Waals surface area contributed by atoms with Gasteiger partial charge in [-0.3, -0.25) is 0 Å². The van der Waals surface area contributed by atoms with Gasteiger partial charge in [-0.15, -0.1) is 0 Å². The fourth-order valence-corrected chi connectivity index (χ4v) is 2.72. The summed E-state index contributed by atoms with van der Waals surface area (Å²) in [6.45, 7) is 2.24. The second-order valence-electron chi connectivity index (χ2n) is 6.38. The van der Waals surface area contributed by atoms with E-state index in [1.807, 2.05) is 25.1 Å². The van der Waals surface area contributed by atoms with Gasteiger partial charge in [-0.25, -0.2) is 15.4 Å². The number of aromatic nitrogens is 1. The molecule has 3 N–H and O–H groups in total. The van der Waals surface area contributed by atoms with Crippen LogP contribution in [-0.4, -0.2) is 30.0 Å². The maximum Gasteiger partial charge on any atom is 0.417 e. The van der Waals surface area contributed by atoms with Crippen molar-refractivity contribution in [2.75, 3.05) is 18.5 Å². The molecule has 1 unspecified atom stereocenters. The van der Waals surface area contributed by atoms with Crippen molar-refractivity contribution in [3.63, 3.8) is 0 Å². The van der Waals surface area contributed by atoms with Crippen molar-refractivity contribution < 1.29 is 17.9 Å². The summed E-state index contributed by atoms with van der Waals surface area (Å²) >= 11 is 0. The van der Waals surface area contributed by atoms with Gasteiger partial charge in [0.15, 0.2) is 5.82 Å². The van der Waals surface area contributed by atoms with Crippen LogP contribution < -0.4 is 20.9 Å². The first-order valence-electron chi connectivity index (χ1n) is 8.90. The number of anilines is 1. The zero-order chi connectivity index (χ0) is 20.9. The number of rotatable bonds is 6. The highest BCUT2D eigenvalue weighted by atomic mass is 19.4. The Balaban J connectivity index is 1.81. The summed E-state index contributed by atoms with van der Waals surface area (Å²) in [5, 5.41) is 12.0. The molecule has 0 bridgehead atoms. The van der Waals surface area contributed by atoms with E-state index < -0.39 is 17.3 Å². The van der Waals surface area contributed by atoms with Crippen LogP contribution in [0.4, 0.5) is 24.8 Å². The number of nitrogens with one attached hydrogen (secondary N) is 3. The number of hydrogen-bond donors (Lipinski definition) is 3. The van der Waals surface area contributed by atoms with Gasteiger partial charge in [0, 0.05) is 12.5 Å². The average molecular weight is 404 g/mol. The quantitative estimate of drug-likeness (QED) is 0.639. The fourth-order valence-electron chi connectivity index (χ4n) is 2.72. The molecule has 1 aromatic carbocycles. The number of nitriles is 1. The summed E-state index contributed by atoms with van der Waals surface area (Å²) in [7, 11) is 0. The third-order valence-corrected chi connectivity index (χ3v) is 4.04. The Hall–Kier alpha value is -3.32. The van der Waals surface area contributed by atoms with E-state index in [1.165, 1.54) is 0 Å². The topological polar surface area (TPSA) is 94.4 Å².